The van der Waals surface area contributed by atoms with Gasteiger partial charge in [-0.2, -0.15) is 0 Å². The van der Waals surface area contributed by atoms with Crippen LogP contribution in [-0.4, -0.2) is 19.2 Å². The largest absolute Gasteiger partial charge is 0.482 e. The third-order valence-corrected chi connectivity index (χ3v) is 4.14. The van der Waals surface area contributed by atoms with E-state index < -0.39 is 0 Å². The van der Waals surface area contributed by atoms with Gasteiger partial charge in [0, 0.05) is 15.9 Å². The number of carbonyl (C=O) groups excluding carboxylic acids is 1. The van der Waals surface area contributed by atoms with Crippen LogP contribution in [0.4, 0.5) is 11.4 Å². The van der Waals surface area contributed by atoms with Crippen LogP contribution < -0.4 is 10.1 Å². The average molecular weight is 301 g/mol. The van der Waals surface area contributed by atoms with Crippen molar-refractivity contribution in [2.24, 2.45) is 0 Å². The van der Waals surface area contributed by atoms with Crippen molar-refractivity contribution in [3.8, 4) is 5.75 Å². The van der Waals surface area contributed by atoms with Gasteiger partial charge in [0.1, 0.15) is 5.75 Å². The first-order valence-corrected chi connectivity index (χ1v) is 7.54. The number of esters is 1. The van der Waals surface area contributed by atoms with Gasteiger partial charge in [-0.3, -0.25) is 0 Å². The molecular weight excluding hydrogens is 286 g/mol. The summed E-state index contributed by atoms with van der Waals surface area (Å²) in [4.78, 5) is 13.6. The molecule has 0 aliphatic carbocycles. The molecule has 1 N–H and O–H groups in total. The molecule has 0 radical (unpaired) electrons. The van der Waals surface area contributed by atoms with Crippen LogP contribution >= 0.6 is 11.8 Å². The van der Waals surface area contributed by atoms with E-state index >= 15 is 0 Å². The summed E-state index contributed by atoms with van der Waals surface area (Å²) in [6.45, 7) is 2.06. The lowest BCUT2D eigenvalue weighted by Crippen LogP contribution is -2.14. The first-order chi connectivity index (χ1) is 10.3. The fraction of sp³-hybridized carbons (Fsp3) is 0.188. The van der Waals surface area contributed by atoms with Crippen molar-refractivity contribution in [3.63, 3.8) is 0 Å². The molecule has 0 amide bonds. The second kappa shape index (κ2) is 6.10. The minimum absolute atomic E-state index is 0.0731. The second-order valence-corrected chi connectivity index (χ2v) is 5.56. The van der Waals surface area contributed by atoms with Crippen molar-refractivity contribution < 1.29 is 14.3 Å². The summed E-state index contributed by atoms with van der Waals surface area (Å²) in [6.07, 6.45) is 0. The molecular formula is C16H15NO3S. The van der Waals surface area contributed by atoms with Gasteiger partial charge in [-0.1, -0.05) is 23.9 Å². The standard InChI is InChI=1S/C16H15NO3S/c1-2-19-16(18)10-20-11-7-8-15-13(9-11)17-12-5-3-4-6-14(12)21-15/h3-9,17H,2,10H2,1H3. The van der Waals surface area contributed by atoms with Crippen LogP contribution in [0.15, 0.2) is 52.3 Å². The molecule has 21 heavy (non-hydrogen) atoms. The molecule has 0 saturated carbocycles. The minimum atomic E-state index is -0.358. The third-order valence-electron chi connectivity index (χ3n) is 2.99. The van der Waals surface area contributed by atoms with E-state index in [-0.39, 0.29) is 12.6 Å². The van der Waals surface area contributed by atoms with Crippen LogP contribution in [0.1, 0.15) is 6.92 Å². The van der Waals surface area contributed by atoms with Gasteiger partial charge >= 0.3 is 5.97 Å². The van der Waals surface area contributed by atoms with E-state index in [4.69, 9.17) is 9.47 Å². The highest BCUT2D eigenvalue weighted by atomic mass is 32.2. The fourth-order valence-corrected chi connectivity index (χ4v) is 3.02. The second-order valence-electron chi connectivity index (χ2n) is 4.47. The number of hydrogen-bond donors (Lipinski definition) is 1. The number of nitrogens with one attached hydrogen (secondary N) is 1. The Morgan fingerprint density at radius 2 is 1.95 bits per heavy atom. The molecule has 0 bridgehead atoms. The number of rotatable bonds is 4. The van der Waals surface area contributed by atoms with E-state index in [1.807, 2.05) is 36.4 Å². The van der Waals surface area contributed by atoms with Gasteiger partial charge < -0.3 is 14.8 Å². The Bertz CT molecular complexity index is 672. The van der Waals surface area contributed by atoms with Gasteiger partial charge in [0.15, 0.2) is 6.61 Å². The Labute approximate surface area is 127 Å². The number of hydrogen-bond acceptors (Lipinski definition) is 5. The highest BCUT2D eigenvalue weighted by Crippen LogP contribution is 2.44. The van der Waals surface area contributed by atoms with Gasteiger partial charge in [0.25, 0.3) is 0 Å². The maximum absolute atomic E-state index is 11.3. The van der Waals surface area contributed by atoms with Crippen LogP contribution in [0.3, 0.4) is 0 Å². The number of fused-ring (bicyclic) bond motifs is 2. The molecule has 0 aromatic heterocycles. The zero-order valence-corrected chi connectivity index (χ0v) is 12.4. The topological polar surface area (TPSA) is 47.6 Å². The van der Waals surface area contributed by atoms with Crippen molar-refractivity contribution in [2.45, 2.75) is 16.7 Å². The van der Waals surface area contributed by atoms with Crippen molar-refractivity contribution in [1.29, 1.82) is 0 Å². The highest BCUT2D eigenvalue weighted by Gasteiger charge is 2.15. The summed E-state index contributed by atoms with van der Waals surface area (Å²) in [5.74, 6) is 0.289. The molecule has 1 aliphatic rings. The molecule has 2 aromatic carbocycles. The predicted octanol–water partition coefficient (Wildman–Crippen LogP) is 3.84. The number of ether oxygens (including phenoxy) is 2. The molecule has 0 spiro atoms. The summed E-state index contributed by atoms with van der Waals surface area (Å²) in [5, 5.41) is 3.38. The van der Waals surface area contributed by atoms with Crippen molar-refractivity contribution in [1.82, 2.24) is 0 Å². The summed E-state index contributed by atoms with van der Waals surface area (Å²) < 4.78 is 10.3. The Balaban J connectivity index is 1.73. The number of benzene rings is 2. The van der Waals surface area contributed by atoms with Crippen LogP contribution in [0.2, 0.25) is 0 Å². The molecule has 2 aromatic rings. The molecule has 0 unspecified atom stereocenters. The number of carbonyl (C=O) groups is 1. The minimum Gasteiger partial charge on any atom is -0.482 e. The molecule has 1 aliphatic heterocycles. The normalized spacial score (nSPS) is 11.9. The van der Waals surface area contributed by atoms with E-state index in [1.54, 1.807) is 18.7 Å². The zero-order valence-electron chi connectivity index (χ0n) is 11.6. The first-order valence-electron chi connectivity index (χ1n) is 6.72. The highest BCUT2D eigenvalue weighted by molar-refractivity contribution is 7.99. The molecule has 4 nitrogen and oxygen atoms in total. The third kappa shape index (κ3) is 3.13. The van der Waals surface area contributed by atoms with Gasteiger partial charge in [-0.05, 0) is 31.2 Å². The van der Waals surface area contributed by atoms with Crippen molar-refractivity contribution >= 4 is 29.1 Å². The van der Waals surface area contributed by atoms with E-state index in [0.29, 0.717) is 12.4 Å². The van der Waals surface area contributed by atoms with Crippen LogP contribution in [0.25, 0.3) is 0 Å². The molecule has 3 rings (SSSR count). The van der Waals surface area contributed by atoms with E-state index in [2.05, 4.69) is 11.4 Å². The SMILES string of the molecule is CCOC(=O)COc1ccc2c(c1)Nc1ccccc1S2. The van der Waals surface area contributed by atoms with Crippen LogP contribution in [-0.2, 0) is 9.53 Å². The zero-order chi connectivity index (χ0) is 14.7. The molecule has 5 heteroatoms. The maximum atomic E-state index is 11.3. The van der Waals surface area contributed by atoms with Crippen LogP contribution in [0.5, 0.6) is 5.75 Å². The molecule has 0 saturated heterocycles. The van der Waals surface area contributed by atoms with Crippen molar-refractivity contribution in [3.05, 3.63) is 42.5 Å². The summed E-state index contributed by atoms with van der Waals surface area (Å²) in [5.41, 5.74) is 2.07. The van der Waals surface area contributed by atoms with Gasteiger partial charge in [0.05, 0.1) is 18.0 Å². The number of anilines is 2. The van der Waals surface area contributed by atoms with Gasteiger partial charge in [0.2, 0.25) is 0 Å². The molecule has 0 fully saturated rings. The summed E-state index contributed by atoms with van der Waals surface area (Å²) in [7, 11) is 0. The van der Waals surface area contributed by atoms with Gasteiger partial charge in [-0.25, -0.2) is 4.79 Å². The predicted molar refractivity (Wildman–Crippen MR) is 82.4 cm³/mol. The fourth-order valence-electron chi connectivity index (χ4n) is 2.05. The lowest BCUT2D eigenvalue weighted by atomic mass is 10.2. The quantitative estimate of drug-likeness (QED) is 0.742. The average Bonchev–Trinajstić information content (AvgIpc) is 2.51. The van der Waals surface area contributed by atoms with E-state index in [9.17, 15) is 4.79 Å². The maximum Gasteiger partial charge on any atom is 0.344 e. The smallest absolute Gasteiger partial charge is 0.344 e. The summed E-state index contributed by atoms with van der Waals surface area (Å²) >= 11 is 1.71. The van der Waals surface area contributed by atoms with Gasteiger partial charge in [-0.15, -0.1) is 0 Å². The Morgan fingerprint density at radius 3 is 2.81 bits per heavy atom. The van der Waals surface area contributed by atoms with Crippen LogP contribution in [0, 0.1) is 0 Å². The molecule has 1 heterocycles. The molecule has 108 valence electrons. The number of para-hydroxylation sites is 1. The van der Waals surface area contributed by atoms with E-state index in [0.717, 1.165) is 16.3 Å². The summed E-state index contributed by atoms with van der Waals surface area (Å²) in [6, 6.07) is 13.9. The Hall–Kier alpha value is -2.14. The Morgan fingerprint density at radius 1 is 1.14 bits per heavy atom. The Kier molecular flexibility index (Phi) is 4.01. The first kappa shape index (κ1) is 13.8. The van der Waals surface area contributed by atoms with E-state index in [1.165, 1.54) is 4.90 Å². The lowest BCUT2D eigenvalue weighted by molar-refractivity contribution is -0.145. The molecule has 0 atom stereocenters. The van der Waals surface area contributed by atoms with Crippen molar-refractivity contribution in [2.75, 3.05) is 18.5 Å². The monoisotopic (exact) mass is 301 g/mol. The lowest BCUT2D eigenvalue weighted by Gasteiger charge is -2.21.